The third-order valence-electron chi connectivity index (χ3n) is 6.67. The molecule has 0 saturated carbocycles. The molecule has 0 spiro atoms. The minimum atomic E-state index is -0.492. The van der Waals surface area contributed by atoms with Crippen LogP contribution in [0, 0.1) is 0 Å². The zero-order valence-corrected chi connectivity index (χ0v) is 21.4. The van der Waals surface area contributed by atoms with Crippen LogP contribution in [0.4, 0.5) is 0 Å². The Morgan fingerprint density at radius 3 is 1.81 bits per heavy atom. The van der Waals surface area contributed by atoms with E-state index >= 15 is 0 Å². The first-order valence-corrected chi connectivity index (χ1v) is 13.2. The van der Waals surface area contributed by atoms with Crippen LogP contribution in [0.25, 0.3) is 0 Å². The van der Waals surface area contributed by atoms with Gasteiger partial charge in [-0.05, 0) is 53.5 Å². The molecule has 185 valence electrons. The van der Waals surface area contributed by atoms with Crippen molar-refractivity contribution in [2.45, 2.75) is 148 Å². The number of ether oxygens (including phenoxy) is 1. The predicted molar refractivity (Wildman–Crippen MR) is 130 cm³/mol. The van der Waals surface area contributed by atoms with Crippen molar-refractivity contribution < 1.29 is 15.1 Å². The molecule has 0 amide bonds. The molecule has 0 bridgehead atoms. The second kappa shape index (κ2) is 15.6. The lowest BCUT2D eigenvalue weighted by atomic mass is 9.80. The molecule has 1 saturated heterocycles. The Hall–Kier alpha value is -0.200. The van der Waals surface area contributed by atoms with Crippen LogP contribution in [0.15, 0.2) is 0 Å². The summed E-state index contributed by atoms with van der Waals surface area (Å²) in [7, 11) is 0. The molecule has 0 aliphatic carbocycles. The molecule has 31 heavy (non-hydrogen) atoms. The van der Waals surface area contributed by atoms with Gasteiger partial charge >= 0.3 is 0 Å². The van der Waals surface area contributed by atoms with E-state index in [0.717, 1.165) is 6.54 Å². The molecule has 5 nitrogen and oxygen atoms in total. The topological polar surface area (TPSA) is 64.6 Å². The molecule has 0 aromatic heterocycles. The van der Waals surface area contributed by atoms with Crippen LogP contribution in [0.1, 0.15) is 125 Å². The molecule has 2 N–H and O–H groups in total. The second-order valence-electron chi connectivity index (χ2n) is 11.0. The fraction of sp³-hybridized carbons (Fsp3) is 1.00. The van der Waals surface area contributed by atoms with Crippen molar-refractivity contribution in [2.24, 2.45) is 0 Å². The van der Waals surface area contributed by atoms with Crippen molar-refractivity contribution >= 4 is 0 Å². The molecule has 1 heterocycles. The number of piperidine rings is 1. The third kappa shape index (κ3) is 12.6. The van der Waals surface area contributed by atoms with E-state index < -0.39 is 17.2 Å². The number of hydrogen-bond acceptors (Lipinski definition) is 4. The predicted octanol–water partition coefficient (Wildman–Crippen LogP) is 6.02. The van der Waals surface area contributed by atoms with Crippen LogP contribution in [0.2, 0.25) is 0 Å². The monoisotopic (exact) mass is 441 g/mol. The number of rotatable bonds is 18. The molecule has 1 atom stereocenters. The first-order valence-electron chi connectivity index (χ1n) is 13.2. The highest BCUT2D eigenvalue weighted by atomic mass is 16.5. The summed E-state index contributed by atoms with van der Waals surface area (Å²) in [4.78, 5) is 0. The van der Waals surface area contributed by atoms with Gasteiger partial charge in [0.15, 0.2) is 0 Å². The lowest BCUT2D eigenvalue weighted by molar-refractivity contribution is -0.301. The van der Waals surface area contributed by atoms with Gasteiger partial charge in [0.05, 0.1) is 18.8 Å². The lowest BCUT2D eigenvalue weighted by Gasteiger charge is -2.49. The first kappa shape index (κ1) is 28.8. The fourth-order valence-electron chi connectivity index (χ4n) is 4.96. The molecule has 1 aliphatic heterocycles. The van der Waals surface area contributed by atoms with E-state index in [1.54, 1.807) is 0 Å². The average molecular weight is 442 g/mol. The number of nitrogens with one attached hydrogen (secondary N) is 1. The normalized spacial score (nSPS) is 20.2. The van der Waals surface area contributed by atoms with E-state index in [0.29, 0.717) is 26.0 Å². The molecule has 5 heteroatoms. The van der Waals surface area contributed by atoms with Gasteiger partial charge in [-0.25, -0.2) is 0 Å². The zero-order chi connectivity index (χ0) is 23.2. The number of unbranched alkanes of at least 4 members (excludes halogenated alkanes) is 11. The van der Waals surface area contributed by atoms with Crippen LogP contribution < -0.4 is 5.32 Å². The van der Waals surface area contributed by atoms with Crippen molar-refractivity contribution in [3.05, 3.63) is 0 Å². The largest absolute Gasteiger partial charge is 0.389 e. The average Bonchev–Trinajstić information content (AvgIpc) is 2.70. The van der Waals surface area contributed by atoms with Crippen molar-refractivity contribution in [3.8, 4) is 0 Å². The van der Waals surface area contributed by atoms with Gasteiger partial charge in [0.25, 0.3) is 0 Å². The van der Waals surface area contributed by atoms with Gasteiger partial charge in [0.2, 0.25) is 0 Å². The van der Waals surface area contributed by atoms with E-state index in [4.69, 9.17) is 4.74 Å². The van der Waals surface area contributed by atoms with Crippen molar-refractivity contribution in [1.82, 2.24) is 10.4 Å². The van der Waals surface area contributed by atoms with Gasteiger partial charge in [-0.2, -0.15) is 0 Å². The number of aliphatic hydroxyl groups excluding tert-OH is 1. The number of hydrogen-bond donors (Lipinski definition) is 2. The van der Waals surface area contributed by atoms with Crippen molar-refractivity contribution in [2.75, 3.05) is 19.7 Å². The van der Waals surface area contributed by atoms with Gasteiger partial charge in [0, 0.05) is 17.6 Å². The highest BCUT2D eigenvalue weighted by molar-refractivity contribution is 4.96. The van der Waals surface area contributed by atoms with E-state index in [-0.39, 0.29) is 6.10 Å². The van der Waals surface area contributed by atoms with Gasteiger partial charge in [-0.3, -0.25) is 0 Å². The summed E-state index contributed by atoms with van der Waals surface area (Å²) in [6.45, 7) is 12.0. The van der Waals surface area contributed by atoms with E-state index in [2.05, 4.69) is 12.2 Å². The number of hydroxylamine groups is 2. The molecular formula is C26H53N2O3. The third-order valence-corrected chi connectivity index (χ3v) is 6.67. The molecule has 0 aromatic carbocycles. The number of aliphatic hydroxyl groups is 1. The molecule has 1 fully saturated rings. The Morgan fingerprint density at radius 2 is 1.32 bits per heavy atom. The summed E-state index contributed by atoms with van der Waals surface area (Å²) in [5.41, 5.74) is -0.853. The Kier molecular flexibility index (Phi) is 14.5. The Bertz CT molecular complexity index is 424. The SMILES string of the molecule is CCCCCCCCCCCCCCNCC(O)COC1CC(C)(C)N([O])C(C)(C)C1. The summed E-state index contributed by atoms with van der Waals surface area (Å²) < 4.78 is 5.98. The summed E-state index contributed by atoms with van der Waals surface area (Å²) in [6, 6.07) is 0. The molecule has 1 radical (unpaired) electrons. The second-order valence-corrected chi connectivity index (χ2v) is 11.0. The molecule has 1 aliphatic rings. The van der Waals surface area contributed by atoms with Gasteiger partial charge < -0.3 is 15.2 Å². The molecule has 1 unspecified atom stereocenters. The Labute approximate surface area is 193 Å². The van der Waals surface area contributed by atoms with Crippen molar-refractivity contribution in [1.29, 1.82) is 0 Å². The van der Waals surface area contributed by atoms with E-state index in [9.17, 15) is 10.3 Å². The summed E-state index contributed by atoms with van der Waals surface area (Å²) in [6.07, 6.45) is 17.3. The first-order chi connectivity index (χ1) is 14.7. The van der Waals surface area contributed by atoms with Gasteiger partial charge in [-0.1, -0.05) is 77.6 Å². The Balaban J connectivity index is 1.95. The van der Waals surface area contributed by atoms with Crippen LogP contribution in [-0.2, 0) is 9.94 Å². The zero-order valence-electron chi connectivity index (χ0n) is 21.4. The maximum absolute atomic E-state index is 12.4. The summed E-state index contributed by atoms with van der Waals surface area (Å²) in [5, 5.41) is 27.2. The van der Waals surface area contributed by atoms with Crippen LogP contribution in [-0.4, -0.2) is 53.2 Å². The molecule has 1 rings (SSSR count). The van der Waals surface area contributed by atoms with E-state index in [1.807, 2.05) is 27.7 Å². The summed E-state index contributed by atoms with van der Waals surface area (Å²) >= 11 is 0. The smallest absolute Gasteiger partial charge is 0.0897 e. The highest BCUT2D eigenvalue weighted by Gasteiger charge is 2.46. The van der Waals surface area contributed by atoms with Gasteiger partial charge in [-0.15, -0.1) is 10.3 Å². The Morgan fingerprint density at radius 1 is 0.871 bits per heavy atom. The molecule has 0 aromatic rings. The maximum Gasteiger partial charge on any atom is 0.0897 e. The fourth-order valence-corrected chi connectivity index (χ4v) is 4.96. The van der Waals surface area contributed by atoms with Crippen LogP contribution in [0.3, 0.4) is 0 Å². The van der Waals surface area contributed by atoms with Crippen molar-refractivity contribution in [3.63, 3.8) is 0 Å². The quantitative estimate of drug-likeness (QED) is 0.255. The molecular weight excluding hydrogens is 388 g/mol. The minimum Gasteiger partial charge on any atom is -0.389 e. The maximum atomic E-state index is 12.4. The minimum absolute atomic E-state index is 0.0289. The number of nitrogens with zero attached hydrogens (tertiary/aromatic N) is 1. The lowest BCUT2D eigenvalue weighted by Crippen LogP contribution is -2.60. The van der Waals surface area contributed by atoms with Gasteiger partial charge in [0.1, 0.15) is 0 Å². The highest BCUT2D eigenvalue weighted by Crippen LogP contribution is 2.38. The van der Waals surface area contributed by atoms with E-state index in [1.165, 1.54) is 82.1 Å². The summed E-state index contributed by atoms with van der Waals surface area (Å²) in [5.74, 6) is 0. The standard InChI is InChI=1S/C26H53N2O3/c1-6-7-8-9-10-11-12-13-14-15-16-17-18-27-21-23(29)22-31-24-19-25(2,3)28(30)26(4,5)20-24/h23-24,27,29H,6-22H2,1-5H3. The van der Waals surface area contributed by atoms with Crippen LogP contribution >= 0.6 is 0 Å². The van der Waals surface area contributed by atoms with Crippen LogP contribution in [0.5, 0.6) is 0 Å².